The summed E-state index contributed by atoms with van der Waals surface area (Å²) in [4.78, 5) is 2.51. The standard InChI is InChI=1S/C16H25BrN2O/c17-15-7-2-1-6-14(15)16(18)8-11-19-10-4-3-5-13(19)9-12-20/h1-2,6-7,13,16,20H,3-5,8-12,18H2. The number of rotatable bonds is 6. The monoisotopic (exact) mass is 340 g/mol. The number of halogens is 1. The zero-order valence-corrected chi connectivity index (χ0v) is 13.6. The Morgan fingerprint density at radius 1 is 1.35 bits per heavy atom. The van der Waals surface area contributed by atoms with E-state index in [0.717, 1.165) is 30.4 Å². The zero-order chi connectivity index (χ0) is 14.4. The van der Waals surface area contributed by atoms with E-state index in [9.17, 15) is 5.11 Å². The summed E-state index contributed by atoms with van der Waals surface area (Å²) in [6, 6.07) is 8.81. The zero-order valence-electron chi connectivity index (χ0n) is 12.0. The summed E-state index contributed by atoms with van der Waals surface area (Å²) in [5, 5.41) is 9.17. The van der Waals surface area contributed by atoms with Crippen molar-refractivity contribution in [3.05, 3.63) is 34.3 Å². The second-order valence-corrected chi connectivity index (χ2v) is 6.47. The fraction of sp³-hybridized carbons (Fsp3) is 0.625. The summed E-state index contributed by atoms with van der Waals surface area (Å²) < 4.78 is 1.10. The molecule has 112 valence electrons. The van der Waals surface area contributed by atoms with Gasteiger partial charge in [0.15, 0.2) is 0 Å². The maximum Gasteiger partial charge on any atom is 0.0445 e. The van der Waals surface area contributed by atoms with Crippen LogP contribution < -0.4 is 5.73 Å². The molecule has 0 aromatic heterocycles. The van der Waals surface area contributed by atoms with Gasteiger partial charge in [-0.25, -0.2) is 0 Å². The fourth-order valence-electron chi connectivity index (χ4n) is 3.07. The summed E-state index contributed by atoms with van der Waals surface area (Å²) >= 11 is 3.57. The van der Waals surface area contributed by atoms with Gasteiger partial charge in [-0.15, -0.1) is 0 Å². The molecule has 2 unspecified atom stereocenters. The van der Waals surface area contributed by atoms with E-state index in [1.54, 1.807) is 0 Å². The van der Waals surface area contributed by atoms with Crippen molar-refractivity contribution in [2.75, 3.05) is 19.7 Å². The Morgan fingerprint density at radius 2 is 2.15 bits per heavy atom. The molecule has 2 atom stereocenters. The lowest BCUT2D eigenvalue weighted by atomic mass is 9.98. The van der Waals surface area contributed by atoms with Crippen molar-refractivity contribution in [3.63, 3.8) is 0 Å². The van der Waals surface area contributed by atoms with Crippen LogP contribution in [0.5, 0.6) is 0 Å². The molecule has 1 aromatic rings. The van der Waals surface area contributed by atoms with Crippen molar-refractivity contribution in [1.29, 1.82) is 0 Å². The maximum atomic E-state index is 9.17. The van der Waals surface area contributed by atoms with Gasteiger partial charge >= 0.3 is 0 Å². The van der Waals surface area contributed by atoms with Gasteiger partial charge in [-0.2, -0.15) is 0 Å². The molecule has 0 radical (unpaired) electrons. The third kappa shape index (κ3) is 4.29. The molecular formula is C16H25BrN2O. The van der Waals surface area contributed by atoms with Gasteiger partial charge in [-0.1, -0.05) is 40.5 Å². The number of nitrogens with two attached hydrogens (primary N) is 1. The van der Waals surface area contributed by atoms with Crippen LogP contribution in [0.15, 0.2) is 28.7 Å². The smallest absolute Gasteiger partial charge is 0.0445 e. The number of hydrogen-bond acceptors (Lipinski definition) is 3. The summed E-state index contributed by atoms with van der Waals surface area (Å²) in [6.45, 7) is 2.46. The first-order chi connectivity index (χ1) is 9.72. The Bertz CT molecular complexity index is 411. The van der Waals surface area contributed by atoms with Crippen LogP contribution in [0.2, 0.25) is 0 Å². The van der Waals surface area contributed by atoms with E-state index < -0.39 is 0 Å². The largest absolute Gasteiger partial charge is 0.396 e. The highest BCUT2D eigenvalue weighted by Crippen LogP contribution is 2.25. The number of nitrogens with zero attached hydrogens (tertiary/aromatic N) is 1. The summed E-state index contributed by atoms with van der Waals surface area (Å²) in [6.07, 6.45) is 5.63. The molecule has 0 saturated carbocycles. The SMILES string of the molecule is NC(CCN1CCCCC1CCO)c1ccccc1Br. The Balaban J connectivity index is 1.88. The van der Waals surface area contributed by atoms with Crippen molar-refractivity contribution >= 4 is 15.9 Å². The Hall–Kier alpha value is -0.420. The molecule has 0 amide bonds. The van der Waals surface area contributed by atoms with Gasteiger partial charge in [0, 0.05) is 29.7 Å². The van der Waals surface area contributed by atoms with E-state index in [1.165, 1.54) is 24.8 Å². The molecule has 4 heteroatoms. The number of hydrogen-bond donors (Lipinski definition) is 2. The molecule has 1 aliphatic heterocycles. The molecule has 0 spiro atoms. The third-order valence-electron chi connectivity index (χ3n) is 4.24. The predicted molar refractivity (Wildman–Crippen MR) is 86.6 cm³/mol. The summed E-state index contributed by atoms with van der Waals surface area (Å²) in [5.74, 6) is 0. The number of likely N-dealkylation sites (tertiary alicyclic amines) is 1. The van der Waals surface area contributed by atoms with Crippen LogP contribution >= 0.6 is 15.9 Å². The topological polar surface area (TPSA) is 49.5 Å². The Kier molecular flexibility index (Phi) is 6.49. The Labute approximate surface area is 130 Å². The van der Waals surface area contributed by atoms with Crippen LogP contribution in [0.4, 0.5) is 0 Å². The van der Waals surface area contributed by atoms with Gasteiger partial charge in [-0.05, 0) is 43.9 Å². The lowest BCUT2D eigenvalue weighted by Crippen LogP contribution is -2.41. The van der Waals surface area contributed by atoms with Crippen molar-refractivity contribution in [1.82, 2.24) is 4.90 Å². The molecule has 3 nitrogen and oxygen atoms in total. The highest BCUT2D eigenvalue weighted by molar-refractivity contribution is 9.10. The first-order valence-electron chi connectivity index (χ1n) is 7.57. The summed E-state index contributed by atoms with van der Waals surface area (Å²) in [5.41, 5.74) is 7.51. The first-order valence-corrected chi connectivity index (χ1v) is 8.36. The molecule has 1 fully saturated rings. The quantitative estimate of drug-likeness (QED) is 0.836. The minimum atomic E-state index is 0.0716. The molecule has 2 rings (SSSR count). The minimum absolute atomic E-state index is 0.0716. The predicted octanol–water partition coefficient (Wildman–Crippen LogP) is 3.08. The lowest BCUT2D eigenvalue weighted by Gasteiger charge is -2.36. The van der Waals surface area contributed by atoms with E-state index in [-0.39, 0.29) is 12.6 Å². The summed E-state index contributed by atoms with van der Waals surface area (Å²) in [7, 11) is 0. The van der Waals surface area contributed by atoms with E-state index in [2.05, 4.69) is 26.9 Å². The number of benzene rings is 1. The minimum Gasteiger partial charge on any atom is -0.396 e. The number of aliphatic hydroxyl groups excluding tert-OH is 1. The molecule has 1 saturated heterocycles. The van der Waals surface area contributed by atoms with Crippen molar-refractivity contribution in [3.8, 4) is 0 Å². The van der Waals surface area contributed by atoms with Crippen molar-refractivity contribution in [2.24, 2.45) is 5.73 Å². The fourth-order valence-corrected chi connectivity index (χ4v) is 3.65. The van der Waals surface area contributed by atoms with Crippen LogP contribution in [0, 0.1) is 0 Å². The van der Waals surface area contributed by atoms with Gasteiger partial charge in [-0.3, -0.25) is 0 Å². The normalized spacial score (nSPS) is 21.9. The first kappa shape index (κ1) is 16.0. The highest BCUT2D eigenvalue weighted by atomic mass is 79.9. The average molecular weight is 341 g/mol. The van der Waals surface area contributed by atoms with E-state index in [4.69, 9.17) is 5.73 Å². The van der Waals surface area contributed by atoms with Crippen LogP contribution in [0.3, 0.4) is 0 Å². The average Bonchev–Trinajstić information content (AvgIpc) is 2.47. The molecule has 1 aromatic carbocycles. The van der Waals surface area contributed by atoms with Gasteiger partial charge in [0.1, 0.15) is 0 Å². The van der Waals surface area contributed by atoms with Crippen LogP contribution in [0.25, 0.3) is 0 Å². The maximum absolute atomic E-state index is 9.17. The van der Waals surface area contributed by atoms with Gasteiger partial charge in [0.05, 0.1) is 0 Å². The number of aliphatic hydroxyl groups is 1. The van der Waals surface area contributed by atoms with Crippen molar-refractivity contribution in [2.45, 2.75) is 44.2 Å². The second kappa shape index (κ2) is 8.13. The highest BCUT2D eigenvalue weighted by Gasteiger charge is 2.22. The van der Waals surface area contributed by atoms with Crippen LogP contribution in [-0.2, 0) is 0 Å². The molecule has 1 aliphatic rings. The van der Waals surface area contributed by atoms with E-state index in [1.807, 2.05) is 18.2 Å². The molecular weight excluding hydrogens is 316 g/mol. The molecule has 1 heterocycles. The van der Waals surface area contributed by atoms with E-state index in [0.29, 0.717) is 6.04 Å². The van der Waals surface area contributed by atoms with Crippen LogP contribution in [0.1, 0.15) is 43.7 Å². The molecule has 3 N–H and O–H groups in total. The van der Waals surface area contributed by atoms with Gasteiger partial charge < -0.3 is 15.7 Å². The van der Waals surface area contributed by atoms with Gasteiger partial charge in [0.25, 0.3) is 0 Å². The molecule has 0 aliphatic carbocycles. The second-order valence-electron chi connectivity index (χ2n) is 5.61. The van der Waals surface area contributed by atoms with Crippen molar-refractivity contribution < 1.29 is 5.11 Å². The number of piperidine rings is 1. The Morgan fingerprint density at radius 3 is 2.90 bits per heavy atom. The van der Waals surface area contributed by atoms with Gasteiger partial charge in [0.2, 0.25) is 0 Å². The molecule has 20 heavy (non-hydrogen) atoms. The molecule has 0 bridgehead atoms. The van der Waals surface area contributed by atoms with E-state index >= 15 is 0 Å². The third-order valence-corrected chi connectivity index (χ3v) is 4.97. The lowest BCUT2D eigenvalue weighted by molar-refractivity contribution is 0.116. The van der Waals surface area contributed by atoms with Crippen LogP contribution in [-0.4, -0.2) is 35.7 Å².